The third kappa shape index (κ3) is 3.36. The van der Waals surface area contributed by atoms with Crippen LogP contribution in [0, 0.1) is 0 Å². The van der Waals surface area contributed by atoms with Crippen molar-refractivity contribution in [2.75, 3.05) is 31.7 Å². The van der Waals surface area contributed by atoms with Crippen LogP contribution in [0.2, 0.25) is 0 Å². The fraction of sp³-hybridized carbons (Fsp3) is 0.364. The molecule has 1 heterocycles. The van der Waals surface area contributed by atoms with Crippen molar-refractivity contribution in [3.63, 3.8) is 0 Å². The van der Waals surface area contributed by atoms with E-state index in [1.807, 2.05) is 24.3 Å². The second-order valence-corrected chi connectivity index (χ2v) is 6.45. The van der Waals surface area contributed by atoms with Crippen molar-refractivity contribution >= 4 is 27.0 Å². The zero-order chi connectivity index (χ0) is 13.9. The van der Waals surface area contributed by atoms with E-state index in [1.165, 1.54) is 18.4 Å². The molecule has 1 N–H and O–H groups in total. The first kappa shape index (κ1) is 13.6. The Labute approximate surface area is 111 Å². The van der Waals surface area contributed by atoms with Crippen LogP contribution in [0.4, 0.5) is 5.95 Å². The van der Waals surface area contributed by atoms with E-state index in [4.69, 9.17) is 0 Å². The molecule has 0 aliphatic carbocycles. The molecule has 7 nitrogen and oxygen atoms in total. The van der Waals surface area contributed by atoms with E-state index >= 15 is 0 Å². The smallest absolute Gasteiger partial charge is 0.243 e. The zero-order valence-corrected chi connectivity index (χ0v) is 11.6. The molecule has 2 rings (SSSR count). The molecule has 1 aromatic carbocycles. The van der Waals surface area contributed by atoms with Crippen molar-refractivity contribution in [2.45, 2.75) is 0 Å². The fourth-order valence-corrected chi connectivity index (χ4v) is 2.16. The van der Waals surface area contributed by atoms with Crippen molar-refractivity contribution in [1.29, 1.82) is 0 Å². The van der Waals surface area contributed by atoms with Gasteiger partial charge >= 0.3 is 0 Å². The SMILES string of the molecule is CN(C)S(=O)(=O)CCNc1nnc2ccccc2n1. The molecule has 2 aromatic rings. The molecule has 0 aliphatic rings. The molecule has 0 atom stereocenters. The van der Waals surface area contributed by atoms with Crippen LogP contribution in [-0.2, 0) is 10.0 Å². The van der Waals surface area contributed by atoms with Crippen LogP contribution in [0.25, 0.3) is 11.0 Å². The number of aromatic nitrogens is 3. The highest BCUT2D eigenvalue weighted by Crippen LogP contribution is 2.08. The minimum Gasteiger partial charge on any atom is -0.352 e. The molecule has 19 heavy (non-hydrogen) atoms. The third-order valence-corrected chi connectivity index (χ3v) is 4.39. The summed E-state index contributed by atoms with van der Waals surface area (Å²) in [6.45, 7) is 0.237. The minimum atomic E-state index is -3.22. The monoisotopic (exact) mass is 281 g/mol. The molecule has 102 valence electrons. The van der Waals surface area contributed by atoms with Gasteiger partial charge in [0.05, 0.1) is 11.3 Å². The van der Waals surface area contributed by atoms with Crippen LogP contribution in [0.5, 0.6) is 0 Å². The van der Waals surface area contributed by atoms with Crippen molar-refractivity contribution in [1.82, 2.24) is 19.5 Å². The van der Waals surface area contributed by atoms with Crippen LogP contribution >= 0.6 is 0 Å². The number of benzene rings is 1. The first-order valence-electron chi connectivity index (χ1n) is 5.72. The number of nitrogens with one attached hydrogen (secondary N) is 1. The lowest BCUT2D eigenvalue weighted by Gasteiger charge is -2.11. The van der Waals surface area contributed by atoms with Gasteiger partial charge in [-0.3, -0.25) is 0 Å². The van der Waals surface area contributed by atoms with Gasteiger partial charge in [0.2, 0.25) is 16.0 Å². The Bertz CT molecular complexity index is 672. The number of hydrogen-bond donors (Lipinski definition) is 1. The molecule has 0 saturated heterocycles. The number of anilines is 1. The molecular weight excluding hydrogens is 266 g/mol. The van der Waals surface area contributed by atoms with E-state index in [1.54, 1.807) is 0 Å². The highest BCUT2D eigenvalue weighted by Gasteiger charge is 2.13. The summed E-state index contributed by atoms with van der Waals surface area (Å²) in [7, 11) is -0.209. The molecule has 0 fully saturated rings. The Morgan fingerprint density at radius 3 is 2.53 bits per heavy atom. The molecule has 0 spiro atoms. The Kier molecular flexibility index (Phi) is 3.91. The first-order chi connectivity index (χ1) is 8.99. The minimum absolute atomic E-state index is 0.0177. The van der Waals surface area contributed by atoms with E-state index in [0.717, 1.165) is 5.52 Å². The van der Waals surface area contributed by atoms with Crippen LogP contribution < -0.4 is 5.32 Å². The number of rotatable bonds is 5. The van der Waals surface area contributed by atoms with Crippen LogP contribution in [0.15, 0.2) is 24.3 Å². The summed E-state index contributed by atoms with van der Waals surface area (Å²) in [6, 6.07) is 7.36. The highest BCUT2D eigenvalue weighted by atomic mass is 32.2. The second-order valence-electron chi connectivity index (χ2n) is 4.15. The van der Waals surface area contributed by atoms with Gasteiger partial charge in [-0.05, 0) is 12.1 Å². The Morgan fingerprint density at radius 2 is 1.84 bits per heavy atom. The van der Waals surface area contributed by atoms with Crippen LogP contribution in [0.3, 0.4) is 0 Å². The number of sulfonamides is 1. The van der Waals surface area contributed by atoms with Crippen LogP contribution in [0.1, 0.15) is 0 Å². The summed E-state index contributed by atoms with van der Waals surface area (Å²) in [5.41, 5.74) is 1.42. The second kappa shape index (κ2) is 5.45. The van der Waals surface area contributed by atoms with E-state index in [9.17, 15) is 8.42 Å². The molecule has 8 heteroatoms. The maximum atomic E-state index is 11.6. The predicted octanol–water partition coefficient (Wildman–Crippen LogP) is 0.328. The quantitative estimate of drug-likeness (QED) is 0.849. The normalized spacial score (nSPS) is 11.9. The molecule has 1 aromatic heterocycles. The lowest BCUT2D eigenvalue weighted by Crippen LogP contribution is -2.28. The van der Waals surface area contributed by atoms with E-state index in [0.29, 0.717) is 11.5 Å². The first-order valence-corrected chi connectivity index (χ1v) is 7.33. The number of nitrogens with zero attached hydrogens (tertiary/aromatic N) is 4. The Hall–Kier alpha value is -1.80. The summed E-state index contributed by atoms with van der Waals surface area (Å²) >= 11 is 0. The van der Waals surface area contributed by atoms with Crippen LogP contribution in [-0.4, -0.2) is 54.3 Å². The largest absolute Gasteiger partial charge is 0.352 e. The van der Waals surface area contributed by atoms with Gasteiger partial charge in [-0.15, -0.1) is 10.2 Å². The van der Waals surface area contributed by atoms with Gasteiger partial charge in [-0.25, -0.2) is 17.7 Å². The standard InChI is InChI=1S/C11H15N5O2S/c1-16(2)19(17,18)8-7-12-11-13-9-5-3-4-6-10(9)14-15-11/h3-6H,7-8H2,1-2H3,(H,12,13,15). The van der Waals surface area contributed by atoms with Crippen molar-refractivity contribution in [3.8, 4) is 0 Å². The van der Waals surface area contributed by atoms with Crippen molar-refractivity contribution < 1.29 is 8.42 Å². The fourth-order valence-electron chi connectivity index (χ4n) is 1.43. The molecule has 0 radical (unpaired) electrons. The van der Waals surface area contributed by atoms with Gasteiger partial charge in [-0.2, -0.15) is 0 Å². The van der Waals surface area contributed by atoms with Gasteiger partial charge in [-0.1, -0.05) is 12.1 Å². The summed E-state index contributed by atoms with van der Waals surface area (Å²) in [4.78, 5) is 4.25. The zero-order valence-electron chi connectivity index (χ0n) is 10.7. The summed E-state index contributed by atoms with van der Waals surface area (Å²) < 4.78 is 24.3. The Morgan fingerprint density at radius 1 is 1.16 bits per heavy atom. The van der Waals surface area contributed by atoms with Gasteiger partial charge in [0.25, 0.3) is 0 Å². The molecule has 0 unspecified atom stereocenters. The predicted molar refractivity (Wildman–Crippen MR) is 73.3 cm³/mol. The third-order valence-electron chi connectivity index (χ3n) is 2.56. The van der Waals surface area contributed by atoms with E-state index in [2.05, 4.69) is 20.5 Å². The average molecular weight is 281 g/mol. The Balaban J connectivity index is 2.03. The summed E-state index contributed by atoms with van der Waals surface area (Å²) in [5, 5.41) is 10.7. The maximum Gasteiger partial charge on any atom is 0.243 e. The van der Waals surface area contributed by atoms with Crippen molar-refractivity contribution in [3.05, 3.63) is 24.3 Å². The van der Waals surface area contributed by atoms with Gasteiger partial charge < -0.3 is 5.32 Å². The number of hydrogen-bond acceptors (Lipinski definition) is 6. The molecule has 0 bridgehead atoms. The molecule has 0 aliphatic heterocycles. The number of fused-ring (bicyclic) bond motifs is 1. The summed E-state index contributed by atoms with van der Waals surface area (Å²) in [5.74, 6) is 0.309. The number of para-hydroxylation sites is 1. The molecular formula is C11H15N5O2S. The highest BCUT2D eigenvalue weighted by molar-refractivity contribution is 7.89. The molecule has 0 amide bonds. The summed E-state index contributed by atoms with van der Waals surface area (Å²) in [6.07, 6.45) is 0. The average Bonchev–Trinajstić information content (AvgIpc) is 2.38. The van der Waals surface area contributed by atoms with E-state index in [-0.39, 0.29) is 12.3 Å². The topological polar surface area (TPSA) is 88.1 Å². The van der Waals surface area contributed by atoms with Gasteiger partial charge in [0.1, 0.15) is 5.52 Å². The van der Waals surface area contributed by atoms with Gasteiger partial charge in [0.15, 0.2) is 0 Å². The maximum absolute atomic E-state index is 11.6. The molecule has 0 saturated carbocycles. The van der Waals surface area contributed by atoms with Gasteiger partial charge in [0, 0.05) is 20.6 Å². The lowest BCUT2D eigenvalue weighted by atomic mass is 10.3. The van der Waals surface area contributed by atoms with E-state index < -0.39 is 10.0 Å². The van der Waals surface area contributed by atoms with Crippen molar-refractivity contribution in [2.24, 2.45) is 0 Å². The lowest BCUT2D eigenvalue weighted by molar-refractivity contribution is 0.521.